The van der Waals surface area contributed by atoms with Crippen LogP contribution in [0.25, 0.3) is 0 Å². The summed E-state index contributed by atoms with van der Waals surface area (Å²) in [4.78, 5) is 0.599. The summed E-state index contributed by atoms with van der Waals surface area (Å²) in [5, 5.41) is 3.23. The summed E-state index contributed by atoms with van der Waals surface area (Å²) in [6.07, 6.45) is 0. The Hall–Kier alpha value is -2.27. The smallest absolute Gasteiger partial charge is 0.170 e. The van der Waals surface area contributed by atoms with Crippen LogP contribution in [0.1, 0.15) is 11.1 Å². The zero-order valence-corrected chi connectivity index (χ0v) is 13.7. The highest BCUT2D eigenvalue weighted by Crippen LogP contribution is 2.31. The van der Waals surface area contributed by atoms with E-state index in [4.69, 9.17) is 26.4 Å². The van der Waals surface area contributed by atoms with Crippen LogP contribution in [0.5, 0.6) is 17.2 Å². The normalized spacial score (nSPS) is 9.95. The van der Waals surface area contributed by atoms with Crippen LogP contribution >= 0.6 is 12.2 Å². The van der Waals surface area contributed by atoms with Crippen LogP contribution in [0.4, 0.5) is 0 Å². The molecule has 2 rings (SSSR count). The predicted molar refractivity (Wildman–Crippen MR) is 91.1 cm³/mol. The first-order valence-electron chi connectivity index (χ1n) is 6.82. The first kappa shape index (κ1) is 16.1. The molecule has 0 atom stereocenters. The zero-order valence-electron chi connectivity index (χ0n) is 12.9. The molecule has 0 saturated heterocycles. The number of para-hydroxylation sites is 2. The van der Waals surface area contributed by atoms with Gasteiger partial charge in [-0.15, -0.1) is 0 Å². The van der Waals surface area contributed by atoms with Crippen LogP contribution in [0.15, 0.2) is 42.5 Å². The second-order valence-corrected chi connectivity index (χ2v) is 4.94. The number of ether oxygens (including phenoxy) is 3. The zero-order chi connectivity index (χ0) is 15.9. The Bertz CT molecular complexity index is 658. The third-order valence-electron chi connectivity index (χ3n) is 3.28. The third kappa shape index (κ3) is 3.49. The van der Waals surface area contributed by atoms with Gasteiger partial charge >= 0.3 is 0 Å². The van der Waals surface area contributed by atoms with Crippen LogP contribution in [0, 0.1) is 0 Å². The summed E-state index contributed by atoms with van der Waals surface area (Å²) in [6.45, 7) is 0.573. The summed E-state index contributed by atoms with van der Waals surface area (Å²) >= 11 is 5.47. The van der Waals surface area contributed by atoms with E-state index in [1.807, 2.05) is 42.5 Å². The van der Waals surface area contributed by atoms with Crippen molar-refractivity contribution in [2.75, 3.05) is 21.3 Å². The summed E-state index contributed by atoms with van der Waals surface area (Å²) in [6, 6.07) is 13.4. The van der Waals surface area contributed by atoms with Gasteiger partial charge < -0.3 is 19.5 Å². The monoisotopic (exact) mass is 317 g/mol. The van der Waals surface area contributed by atoms with Crippen molar-refractivity contribution in [3.63, 3.8) is 0 Å². The van der Waals surface area contributed by atoms with Crippen molar-refractivity contribution in [1.29, 1.82) is 0 Å². The number of hydrogen-bond acceptors (Lipinski definition) is 4. The molecule has 0 unspecified atom stereocenters. The fraction of sp³-hybridized carbons (Fsp3) is 0.235. The van der Waals surface area contributed by atoms with Crippen LogP contribution in [-0.2, 0) is 6.54 Å². The number of thiocarbonyl (C=S) groups is 1. The summed E-state index contributed by atoms with van der Waals surface area (Å²) in [5.41, 5.74) is 1.83. The lowest BCUT2D eigenvalue weighted by atomic mass is 10.1. The minimum atomic E-state index is 0.573. The molecule has 0 bridgehead atoms. The molecule has 5 heteroatoms. The molecular weight excluding hydrogens is 298 g/mol. The van der Waals surface area contributed by atoms with E-state index in [-0.39, 0.29) is 0 Å². The Morgan fingerprint density at radius 2 is 1.59 bits per heavy atom. The Morgan fingerprint density at radius 1 is 0.909 bits per heavy atom. The van der Waals surface area contributed by atoms with Gasteiger partial charge in [-0.25, -0.2) is 0 Å². The van der Waals surface area contributed by atoms with Crippen molar-refractivity contribution in [2.24, 2.45) is 0 Å². The van der Waals surface area contributed by atoms with E-state index >= 15 is 0 Å². The highest BCUT2D eigenvalue weighted by Gasteiger charge is 2.13. The number of nitrogens with one attached hydrogen (secondary N) is 1. The lowest BCUT2D eigenvalue weighted by Gasteiger charge is -2.15. The second kappa shape index (κ2) is 7.66. The van der Waals surface area contributed by atoms with E-state index < -0.39 is 0 Å². The van der Waals surface area contributed by atoms with Gasteiger partial charge in [0.15, 0.2) is 11.5 Å². The molecule has 0 heterocycles. The van der Waals surface area contributed by atoms with Gasteiger partial charge in [0.05, 0.1) is 26.9 Å². The molecule has 0 spiro atoms. The van der Waals surface area contributed by atoms with E-state index in [1.54, 1.807) is 21.3 Å². The lowest BCUT2D eigenvalue weighted by Crippen LogP contribution is -2.22. The molecule has 116 valence electrons. The Kier molecular flexibility index (Phi) is 5.61. The number of methoxy groups -OCH3 is 3. The van der Waals surface area contributed by atoms with Gasteiger partial charge in [0.25, 0.3) is 0 Å². The molecule has 22 heavy (non-hydrogen) atoms. The van der Waals surface area contributed by atoms with Crippen LogP contribution in [0.3, 0.4) is 0 Å². The van der Waals surface area contributed by atoms with Crippen molar-refractivity contribution in [3.05, 3.63) is 53.6 Å². The SMILES string of the molecule is COc1ccccc1CNC(=S)c1cccc(OC)c1OC. The predicted octanol–water partition coefficient (Wildman–Crippen LogP) is 3.18. The van der Waals surface area contributed by atoms with Gasteiger partial charge in [-0.05, 0) is 18.2 Å². The average Bonchev–Trinajstić information content (AvgIpc) is 2.58. The first-order valence-corrected chi connectivity index (χ1v) is 7.23. The minimum Gasteiger partial charge on any atom is -0.496 e. The van der Waals surface area contributed by atoms with Gasteiger partial charge in [-0.1, -0.05) is 36.5 Å². The molecule has 0 aliphatic carbocycles. The van der Waals surface area contributed by atoms with E-state index in [1.165, 1.54) is 0 Å². The van der Waals surface area contributed by atoms with Gasteiger partial charge in [0.1, 0.15) is 10.7 Å². The maximum absolute atomic E-state index is 5.47. The van der Waals surface area contributed by atoms with Gasteiger partial charge in [0, 0.05) is 12.1 Å². The highest BCUT2D eigenvalue weighted by molar-refractivity contribution is 7.80. The average molecular weight is 317 g/mol. The fourth-order valence-electron chi connectivity index (χ4n) is 2.19. The van der Waals surface area contributed by atoms with Crippen LogP contribution in [0.2, 0.25) is 0 Å². The second-order valence-electron chi connectivity index (χ2n) is 4.54. The van der Waals surface area contributed by atoms with Crippen molar-refractivity contribution >= 4 is 17.2 Å². The number of hydrogen-bond donors (Lipinski definition) is 1. The minimum absolute atomic E-state index is 0.573. The molecule has 0 aliphatic heterocycles. The molecular formula is C17H19NO3S. The first-order chi connectivity index (χ1) is 10.7. The highest BCUT2D eigenvalue weighted by atomic mass is 32.1. The van der Waals surface area contributed by atoms with Crippen molar-refractivity contribution < 1.29 is 14.2 Å². The molecule has 0 amide bonds. The lowest BCUT2D eigenvalue weighted by molar-refractivity contribution is 0.354. The molecule has 1 N–H and O–H groups in total. The molecule has 0 fully saturated rings. The maximum atomic E-state index is 5.47. The molecule has 0 aromatic heterocycles. The van der Waals surface area contributed by atoms with E-state index in [0.29, 0.717) is 23.0 Å². The topological polar surface area (TPSA) is 39.7 Å². The molecule has 2 aromatic rings. The number of benzene rings is 2. The Labute approximate surface area is 136 Å². The largest absolute Gasteiger partial charge is 0.496 e. The van der Waals surface area contributed by atoms with Crippen LogP contribution < -0.4 is 19.5 Å². The molecule has 0 aliphatic rings. The van der Waals surface area contributed by atoms with E-state index in [2.05, 4.69) is 5.32 Å². The van der Waals surface area contributed by atoms with E-state index in [9.17, 15) is 0 Å². The standard InChI is InChI=1S/C17H19NO3S/c1-19-14-9-5-4-7-12(14)11-18-17(22)13-8-6-10-15(20-2)16(13)21-3/h4-10H,11H2,1-3H3,(H,18,22). The third-order valence-corrected chi connectivity index (χ3v) is 3.64. The Morgan fingerprint density at radius 3 is 2.27 bits per heavy atom. The summed E-state index contributed by atoms with van der Waals surface area (Å²) in [5.74, 6) is 2.11. The maximum Gasteiger partial charge on any atom is 0.170 e. The quantitative estimate of drug-likeness (QED) is 0.829. The molecule has 0 saturated carbocycles. The van der Waals surface area contributed by atoms with Crippen LogP contribution in [-0.4, -0.2) is 26.3 Å². The van der Waals surface area contributed by atoms with Crippen molar-refractivity contribution in [3.8, 4) is 17.2 Å². The summed E-state index contributed by atoms with van der Waals surface area (Å²) < 4.78 is 16.0. The van der Waals surface area contributed by atoms with Gasteiger partial charge in [-0.3, -0.25) is 0 Å². The number of rotatable bonds is 6. The molecule has 4 nitrogen and oxygen atoms in total. The van der Waals surface area contributed by atoms with E-state index in [0.717, 1.165) is 16.9 Å². The molecule has 2 aromatic carbocycles. The van der Waals surface area contributed by atoms with Crippen molar-refractivity contribution in [2.45, 2.75) is 6.54 Å². The molecule has 0 radical (unpaired) electrons. The van der Waals surface area contributed by atoms with Gasteiger partial charge in [0.2, 0.25) is 0 Å². The summed E-state index contributed by atoms with van der Waals surface area (Å²) in [7, 11) is 4.86. The van der Waals surface area contributed by atoms with Crippen molar-refractivity contribution in [1.82, 2.24) is 5.32 Å². The Balaban J connectivity index is 2.16. The fourth-order valence-corrected chi connectivity index (χ4v) is 2.42. The van der Waals surface area contributed by atoms with Gasteiger partial charge in [-0.2, -0.15) is 0 Å².